The van der Waals surface area contributed by atoms with Crippen LogP contribution in [-0.4, -0.2) is 52.7 Å². The summed E-state index contributed by atoms with van der Waals surface area (Å²) in [6.45, 7) is 5.42. The fourth-order valence-corrected chi connectivity index (χ4v) is 4.02. The number of carbonyl (C=O) groups is 1. The number of piperidine rings is 1. The van der Waals surface area contributed by atoms with E-state index >= 15 is 0 Å². The number of fused-ring (bicyclic) bond motifs is 2. The van der Waals surface area contributed by atoms with E-state index in [-0.39, 0.29) is 35.8 Å². The maximum Gasteiger partial charge on any atom is 0.410 e. The van der Waals surface area contributed by atoms with E-state index in [0.29, 0.717) is 12.4 Å². The summed E-state index contributed by atoms with van der Waals surface area (Å²) in [5, 5.41) is 0. The van der Waals surface area contributed by atoms with Crippen LogP contribution in [0.15, 0.2) is 12.4 Å². The molecule has 1 unspecified atom stereocenters. The van der Waals surface area contributed by atoms with Crippen LogP contribution in [-0.2, 0) is 10.7 Å². The van der Waals surface area contributed by atoms with Gasteiger partial charge in [0.15, 0.2) is 0 Å². The van der Waals surface area contributed by atoms with E-state index in [9.17, 15) is 13.6 Å². The first kappa shape index (κ1) is 16.9. The quantitative estimate of drug-likeness (QED) is 0.828. The Morgan fingerprint density at radius 3 is 2.67 bits per heavy atom. The van der Waals surface area contributed by atoms with E-state index in [4.69, 9.17) is 4.74 Å². The Kier molecular flexibility index (Phi) is 4.09. The third-order valence-corrected chi connectivity index (χ3v) is 5.30. The molecule has 1 aromatic rings. The summed E-state index contributed by atoms with van der Waals surface area (Å²) in [5.41, 5.74) is -0.296. The third-order valence-electron chi connectivity index (χ3n) is 5.30. The Balaban J connectivity index is 1.90. The molecule has 0 saturated carbocycles. The standard InChI is InChI=1S/C16H22F2N4O2/c1-9-12-5-11(22(10(12)2)15(23)24-4)7-21(9)14-6-13(16(3,17)18)19-8-20-14/h6,8-12H,5,7H2,1-4H3/t9?,10-,11+,12-/m0/s1. The van der Waals surface area contributed by atoms with Gasteiger partial charge in [0.25, 0.3) is 5.92 Å². The normalized spacial score (nSPS) is 29.8. The first-order valence-electron chi connectivity index (χ1n) is 8.07. The summed E-state index contributed by atoms with van der Waals surface area (Å²) in [6.07, 6.45) is 1.72. The molecule has 1 aromatic heterocycles. The van der Waals surface area contributed by atoms with E-state index in [0.717, 1.165) is 13.3 Å². The van der Waals surface area contributed by atoms with Gasteiger partial charge in [0, 0.05) is 37.5 Å². The number of rotatable bonds is 2. The van der Waals surface area contributed by atoms with Gasteiger partial charge in [-0.25, -0.2) is 14.8 Å². The second kappa shape index (κ2) is 5.82. The second-order valence-corrected chi connectivity index (χ2v) is 6.71. The Labute approximate surface area is 139 Å². The molecule has 0 aromatic carbocycles. The highest BCUT2D eigenvalue weighted by molar-refractivity contribution is 5.69. The molecule has 0 radical (unpaired) electrons. The first-order chi connectivity index (χ1) is 11.2. The van der Waals surface area contributed by atoms with Crippen LogP contribution in [0.4, 0.5) is 19.4 Å². The minimum Gasteiger partial charge on any atom is -0.453 e. The molecule has 6 nitrogen and oxygen atoms in total. The Hall–Kier alpha value is -1.99. The fraction of sp³-hybridized carbons (Fsp3) is 0.688. The van der Waals surface area contributed by atoms with Crippen LogP contribution >= 0.6 is 0 Å². The minimum atomic E-state index is -3.01. The average Bonchev–Trinajstić information content (AvgIpc) is 2.82. The number of nitrogens with zero attached hydrogens (tertiary/aromatic N) is 4. The monoisotopic (exact) mass is 340 g/mol. The van der Waals surface area contributed by atoms with Gasteiger partial charge in [-0.15, -0.1) is 0 Å². The molecular weight excluding hydrogens is 318 g/mol. The van der Waals surface area contributed by atoms with Gasteiger partial charge in [-0.2, -0.15) is 8.78 Å². The lowest BCUT2D eigenvalue weighted by atomic mass is 9.88. The number of likely N-dealkylation sites (tertiary alicyclic amines) is 1. The summed E-state index contributed by atoms with van der Waals surface area (Å²) in [7, 11) is 1.37. The molecule has 0 spiro atoms. The molecule has 2 saturated heterocycles. The summed E-state index contributed by atoms with van der Waals surface area (Å²) < 4.78 is 32.0. The highest BCUT2D eigenvalue weighted by Gasteiger charge is 2.50. The van der Waals surface area contributed by atoms with Crippen LogP contribution in [0, 0.1) is 5.92 Å². The predicted molar refractivity (Wildman–Crippen MR) is 84.0 cm³/mol. The van der Waals surface area contributed by atoms with Crippen molar-refractivity contribution in [2.75, 3.05) is 18.6 Å². The predicted octanol–water partition coefficient (Wildman–Crippen LogP) is 2.64. The van der Waals surface area contributed by atoms with Crippen molar-refractivity contribution in [2.24, 2.45) is 5.92 Å². The lowest BCUT2D eigenvalue weighted by molar-refractivity contribution is 0.0126. The number of anilines is 1. The highest BCUT2D eigenvalue weighted by atomic mass is 19.3. The lowest BCUT2D eigenvalue weighted by Crippen LogP contribution is -2.48. The maximum absolute atomic E-state index is 13.6. The molecule has 132 valence electrons. The zero-order chi connectivity index (χ0) is 17.6. The summed E-state index contributed by atoms with van der Waals surface area (Å²) in [5.74, 6) is -2.30. The summed E-state index contributed by atoms with van der Waals surface area (Å²) >= 11 is 0. The van der Waals surface area contributed by atoms with Crippen LogP contribution < -0.4 is 4.90 Å². The van der Waals surface area contributed by atoms with Crippen molar-refractivity contribution in [3.63, 3.8) is 0 Å². The zero-order valence-corrected chi connectivity index (χ0v) is 14.2. The zero-order valence-electron chi connectivity index (χ0n) is 14.2. The number of methoxy groups -OCH3 is 1. The Bertz CT molecular complexity index is 637. The van der Waals surface area contributed by atoms with Crippen LogP contribution in [0.5, 0.6) is 0 Å². The minimum absolute atomic E-state index is 0.00537. The van der Waals surface area contributed by atoms with E-state index < -0.39 is 5.92 Å². The van der Waals surface area contributed by atoms with Crippen LogP contribution in [0.3, 0.4) is 0 Å². The largest absolute Gasteiger partial charge is 0.453 e. The molecule has 2 aliphatic heterocycles. The van der Waals surface area contributed by atoms with E-state index in [1.807, 2.05) is 18.7 Å². The molecular formula is C16H22F2N4O2. The van der Waals surface area contributed by atoms with Crippen molar-refractivity contribution in [1.82, 2.24) is 14.9 Å². The van der Waals surface area contributed by atoms with Gasteiger partial charge < -0.3 is 14.5 Å². The molecule has 0 aliphatic carbocycles. The van der Waals surface area contributed by atoms with Gasteiger partial charge in [-0.05, 0) is 20.3 Å². The maximum atomic E-state index is 13.6. The van der Waals surface area contributed by atoms with Gasteiger partial charge in [-0.1, -0.05) is 0 Å². The summed E-state index contributed by atoms with van der Waals surface area (Å²) in [6, 6.07) is 1.46. The van der Waals surface area contributed by atoms with Crippen molar-refractivity contribution < 1.29 is 18.3 Å². The number of amides is 1. The fourth-order valence-electron chi connectivity index (χ4n) is 4.02. The van der Waals surface area contributed by atoms with Crippen molar-refractivity contribution in [3.05, 3.63) is 18.1 Å². The van der Waals surface area contributed by atoms with Gasteiger partial charge in [-0.3, -0.25) is 0 Å². The van der Waals surface area contributed by atoms with Crippen molar-refractivity contribution >= 4 is 11.9 Å². The topological polar surface area (TPSA) is 58.6 Å². The molecule has 24 heavy (non-hydrogen) atoms. The van der Waals surface area contributed by atoms with E-state index in [1.165, 1.54) is 19.5 Å². The van der Waals surface area contributed by atoms with E-state index in [1.54, 1.807) is 4.90 Å². The molecule has 1 amide bonds. The van der Waals surface area contributed by atoms with Crippen LogP contribution in [0.2, 0.25) is 0 Å². The summed E-state index contributed by atoms with van der Waals surface area (Å²) in [4.78, 5) is 23.7. The number of alkyl halides is 2. The molecule has 4 atom stereocenters. The molecule has 3 heterocycles. The molecule has 8 heteroatoms. The number of carbonyl (C=O) groups excluding carboxylic acids is 1. The number of halogens is 2. The lowest BCUT2D eigenvalue weighted by Gasteiger charge is -2.39. The van der Waals surface area contributed by atoms with Crippen molar-refractivity contribution in [2.45, 2.75) is 51.2 Å². The molecule has 3 rings (SSSR count). The van der Waals surface area contributed by atoms with Crippen LogP contribution in [0.25, 0.3) is 0 Å². The Morgan fingerprint density at radius 2 is 2.04 bits per heavy atom. The smallest absolute Gasteiger partial charge is 0.410 e. The number of hydrogen-bond donors (Lipinski definition) is 0. The molecule has 0 N–H and O–H groups in total. The van der Waals surface area contributed by atoms with Gasteiger partial charge >= 0.3 is 6.09 Å². The Morgan fingerprint density at radius 1 is 1.33 bits per heavy atom. The number of aromatic nitrogens is 2. The number of ether oxygens (including phenoxy) is 1. The molecule has 2 fully saturated rings. The van der Waals surface area contributed by atoms with E-state index in [2.05, 4.69) is 9.97 Å². The van der Waals surface area contributed by atoms with Crippen molar-refractivity contribution in [1.29, 1.82) is 0 Å². The molecule has 2 bridgehead atoms. The van der Waals surface area contributed by atoms with Gasteiger partial charge in [0.1, 0.15) is 17.8 Å². The average molecular weight is 340 g/mol. The SMILES string of the molecule is COC(=O)N1[C@@H]2C[C@@H](C(C)N(c3cc(C(C)(F)F)ncn3)C2)[C@@H]1C. The van der Waals surface area contributed by atoms with Crippen molar-refractivity contribution in [3.8, 4) is 0 Å². The highest BCUT2D eigenvalue weighted by Crippen LogP contribution is 2.41. The molecule has 2 aliphatic rings. The van der Waals surface area contributed by atoms with Gasteiger partial charge in [0.05, 0.1) is 13.2 Å². The second-order valence-electron chi connectivity index (χ2n) is 6.71. The van der Waals surface area contributed by atoms with Crippen LogP contribution in [0.1, 0.15) is 32.9 Å². The number of hydrogen-bond acceptors (Lipinski definition) is 5. The first-order valence-corrected chi connectivity index (χ1v) is 8.07. The van der Waals surface area contributed by atoms with Gasteiger partial charge in [0.2, 0.25) is 0 Å². The third kappa shape index (κ3) is 2.67.